The molecule has 2 heterocycles. The molecular formula is C15H10N4O3. The molecule has 0 aliphatic heterocycles. The molecule has 3 rings (SSSR count). The van der Waals surface area contributed by atoms with Crippen molar-refractivity contribution < 1.29 is 4.92 Å². The second kappa shape index (κ2) is 5.57. The van der Waals surface area contributed by atoms with Crippen molar-refractivity contribution >= 4 is 28.7 Å². The van der Waals surface area contributed by atoms with Crippen molar-refractivity contribution in [3.63, 3.8) is 0 Å². The fourth-order valence-corrected chi connectivity index (χ4v) is 2.05. The Morgan fingerprint density at radius 2 is 2.00 bits per heavy atom. The van der Waals surface area contributed by atoms with E-state index in [4.69, 9.17) is 0 Å². The zero-order valence-electron chi connectivity index (χ0n) is 11.3. The van der Waals surface area contributed by atoms with Gasteiger partial charge >= 0.3 is 0 Å². The summed E-state index contributed by atoms with van der Waals surface area (Å²) in [5, 5.41) is 11.4. The quantitative estimate of drug-likeness (QED) is 0.590. The van der Waals surface area contributed by atoms with E-state index >= 15 is 0 Å². The van der Waals surface area contributed by atoms with Gasteiger partial charge in [0, 0.05) is 12.3 Å². The second-order valence-electron chi connectivity index (χ2n) is 4.49. The van der Waals surface area contributed by atoms with Gasteiger partial charge in [-0.2, -0.15) is 0 Å². The first-order chi connectivity index (χ1) is 10.6. The Morgan fingerprint density at radius 1 is 1.18 bits per heavy atom. The first-order valence-electron chi connectivity index (χ1n) is 6.41. The van der Waals surface area contributed by atoms with Crippen LogP contribution in [-0.2, 0) is 0 Å². The highest BCUT2D eigenvalue weighted by atomic mass is 16.6. The maximum absolute atomic E-state index is 11.9. The van der Waals surface area contributed by atoms with Gasteiger partial charge in [-0.25, -0.2) is 4.98 Å². The lowest BCUT2D eigenvalue weighted by Gasteiger charge is -1.99. The van der Waals surface area contributed by atoms with E-state index in [1.165, 1.54) is 24.5 Å². The molecule has 3 aromatic rings. The molecule has 2 aromatic heterocycles. The molecule has 0 saturated carbocycles. The minimum Gasteiger partial charge on any atom is -0.306 e. The van der Waals surface area contributed by atoms with Crippen LogP contribution >= 0.6 is 0 Å². The van der Waals surface area contributed by atoms with Crippen molar-refractivity contribution in [2.24, 2.45) is 0 Å². The first-order valence-corrected chi connectivity index (χ1v) is 6.41. The topological polar surface area (TPSA) is 102 Å². The molecule has 1 aromatic carbocycles. The summed E-state index contributed by atoms with van der Waals surface area (Å²) in [6.07, 6.45) is 6.07. The predicted octanol–water partition coefficient (Wildman–Crippen LogP) is 2.40. The van der Waals surface area contributed by atoms with Crippen molar-refractivity contribution in [2.45, 2.75) is 0 Å². The lowest BCUT2D eigenvalue weighted by Crippen LogP contribution is -2.09. The number of nitrogens with zero attached hydrogens (tertiary/aromatic N) is 3. The molecule has 0 bridgehead atoms. The van der Waals surface area contributed by atoms with Crippen molar-refractivity contribution in [1.82, 2.24) is 15.0 Å². The SMILES string of the molecule is O=c1[nH]c(/C=C/c2ccccc2[N+](=O)[O-])nc2cnccc12. The van der Waals surface area contributed by atoms with Crippen molar-refractivity contribution in [2.75, 3.05) is 0 Å². The van der Waals surface area contributed by atoms with E-state index in [9.17, 15) is 14.9 Å². The number of aromatic nitrogens is 3. The number of hydrogen-bond acceptors (Lipinski definition) is 5. The minimum atomic E-state index is -0.458. The zero-order valence-corrected chi connectivity index (χ0v) is 11.3. The van der Waals surface area contributed by atoms with E-state index in [1.807, 2.05) is 0 Å². The molecule has 108 valence electrons. The average molecular weight is 294 g/mol. The van der Waals surface area contributed by atoms with E-state index < -0.39 is 4.92 Å². The minimum absolute atomic E-state index is 0.0106. The normalized spacial score (nSPS) is 11.1. The largest absolute Gasteiger partial charge is 0.306 e. The van der Waals surface area contributed by atoms with E-state index in [0.29, 0.717) is 22.3 Å². The molecule has 0 saturated heterocycles. The zero-order chi connectivity index (χ0) is 15.5. The Kier molecular flexibility index (Phi) is 3.45. The third kappa shape index (κ3) is 2.59. The summed E-state index contributed by atoms with van der Waals surface area (Å²) in [6.45, 7) is 0. The van der Waals surface area contributed by atoms with Crippen LogP contribution in [0.3, 0.4) is 0 Å². The van der Waals surface area contributed by atoms with Crippen molar-refractivity contribution in [3.05, 3.63) is 74.6 Å². The smallest absolute Gasteiger partial charge is 0.276 e. The maximum Gasteiger partial charge on any atom is 0.276 e. The Bertz CT molecular complexity index is 947. The van der Waals surface area contributed by atoms with Gasteiger partial charge in [0.2, 0.25) is 0 Å². The number of hydrogen-bond donors (Lipinski definition) is 1. The van der Waals surface area contributed by atoms with E-state index in [1.54, 1.807) is 30.3 Å². The van der Waals surface area contributed by atoms with Crippen LogP contribution in [0, 0.1) is 10.1 Å². The molecule has 0 unspecified atom stereocenters. The van der Waals surface area contributed by atoms with Crippen LogP contribution < -0.4 is 5.56 Å². The molecule has 7 heteroatoms. The van der Waals surface area contributed by atoms with Gasteiger partial charge < -0.3 is 4.98 Å². The molecule has 0 aliphatic rings. The maximum atomic E-state index is 11.9. The number of nitro benzene ring substituents is 1. The summed E-state index contributed by atoms with van der Waals surface area (Å²) in [5.74, 6) is 0.309. The second-order valence-corrected chi connectivity index (χ2v) is 4.49. The Labute approximate surface area is 124 Å². The summed E-state index contributed by atoms with van der Waals surface area (Å²) in [4.78, 5) is 33.2. The van der Waals surface area contributed by atoms with Crippen molar-refractivity contribution in [3.8, 4) is 0 Å². The highest BCUT2D eigenvalue weighted by Gasteiger charge is 2.09. The molecular weight excluding hydrogens is 284 g/mol. The summed E-state index contributed by atoms with van der Waals surface area (Å²) in [6, 6.07) is 7.91. The molecule has 0 radical (unpaired) electrons. The number of fused-ring (bicyclic) bond motifs is 1. The molecule has 22 heavy (non-hydrogen) atoms. The number of para-hydroxylation sites is 1. The number of H-pyrrole nitrogens is 1. The third-order valence-corrected chi connectivity index (χ3v) is 3.08. The molecule has 0 atom stereocenters. The molecule has 0 amide bonds. The van der Waals surface area contributed by atoms with Gasteiger partial charge in [-0.3, -0.25) is 19.9 Å². The van der Waals surface area contributed by atoms with Crippen LogP contribution in [0.15, 0.2) is 47.5 Å². The summed E-state index contributed by atoms with van der Waals surface area (Å²) in [7, 11) is 0. The molecule has 0 fully saturated rings. The molecule has 7 nitrogen and oxygen atoms in total. The molecule has 1 N–H and O–H groups in total. The number of nitro groups is 1. The van der Waals surface area contributed by atoms with E-state index in [2.05, 4.69) is 15.0 Å². The fourth-order valence-electron chi connectivity index (χ4n) is 2.05. The highest BCUT2D eigenvalue weighted by molar-refractivity contribution is 5.78. The number of aromatic amines is 1. The first kappa shape index (κ1) is 13.6. The number of rotatable bonds is 3. The molecule has 0 spiro atoms. The van der Waals surface area contributed by atoms with E-state index in [0.717, 1.165) is 0 Å². The lowest BCUT2D eigenvalue weighted by atomic mass is 10.1. The van der Waals surface area contributed by atoms with Crippen LogP contribution in [0.4, 0.5) is 5.69 Å². The van der Waals surface area contributed by atoms with Gasteiger partial charge in [-0.15, -0.1) is 0 Å². The van der Waals surface area contributed by atoms with Crippen LogP contribution in [0.2, 0.25) is 0 Å². The predicted molar refractivity (Wildman–Crippen MR) is 82.2 cm³/mol. The number of nitrogens with one attached hydrogen (secondary N) is 1. The average Bonchev–Trinajstić information content (AvgIpc) is 2.53. The summed E-state index contributed by atoms with van der Waals surface area (Å²) in [5.41, 5.74) is 0.605. The summed E-state index contributed by atoms with van der Waals surface area (Å²) < 4.78 is 0. The van der Waals surface area contributed by atoms with Gasteiger partial charge in [-0.1, -0.05) is 12.1 Å². The van der Waals surface area contributed by atoms with Gasteiger partial charge in [0.15, 0.2) is 0 Å². The van der Waals surface area contributed by atoms with Crippen LogP contribution in [-0.4, -0.2) is 19.9 Å². The highest BCUT2D eigenvalue weighted by Crippen LogP contribution is 2.19. The number of pyridine rings is 1. The van der Waals surface area contributed by atoms with Gasteiger partial charge in [-0.05, 0) is 24.3 Å². The monoisotopic (exact) mass is 294 g/mol. The van der Waals surface area contributed by atoms with E-state index in [-0.39, 0.29) is 11.2 Å². The summed E-state index contributed by atoms with van der Waals surface area (Å²) >= 11 is 0. The number of benzene rings is 1. The Balaban J connectivity index is 2.03. The Morgan fingerprint density at radius 3 is 2.82 bits per heavy atom. The Hall–Kier alpha value is -3.35. The van der Waals surface area contributed by atoms with Crippen LogP contribution in [0.1, 0.15) is 11.4 Å². The standard InChI is InChI=1S/C15H10N4O3/c20-15-11-7-8-16-9-12(11)17-14(18-15)6-5-10-3-1-2-4-13(10)19(21)22/h1-9H,(H,17,18,20)/b6-5+. The van der Waals surface area contributed by atoms with Crippen molar-refractivity contribution in [1.29, 1.82) is 0 Å². The van der Waals surface area contributed by atoms with Crippen LogP contribution in [0.25, 0.3) is 23.1 Å². The van der Waals surface area contributed by atoms with Gasteiger partial charge in [0.1, 0.15) is 5.82 Å². The molecule has 0 aliphatic carbocycles. The van der Waals surface area contributed by atoms with Gasteiger partial charge in [0.05, 0.1) is 27.6 Å². The fraction of sp³-hybridized carbons (Fsp3) is 0. The third-order valence-electron chi connectivity index (χ3n) is 3.08. The van der Waals surface area contributed by atoms with Crippen LogP contribution in [0.5, 0.6) is 0 Å². The lowest BCUT2D eigenvalue weighted by molar-refractivity contribution is -0.385. The van der Waals surface area contributed by atoms with Gasteiger partial charge in [0.25, 0.3) is 11.2 Å².